The molecule has 3 saturated carbocycles. The quantitative estimate of drug-likeness (QED) is 0.397. The molecule has 0 bridgehead atoms. The van der Waals surface area contributed by atoms with E-state index in [0.717, 1.165) is 50.5 Å². The Morgan fingerprint density at radius 2 is 1.68 bits per heavy atom. The van der Waals surface area contributed by atoms with Gasteiger partial charge in [-0.2, -0.15) is 5.26 Å². The first kappa shape index (κ1) is 29.1. The first-order valence-electron chi connectivity index (χ1n) is 15.3. The van der Waals surface area contributed by atoms with Crippen LogP contribution in [0.2, 0.25) is 0 Å². The van der Waals surface area contributed by atoms with Crippen LogP contribution in [-0.2, 0) is 14.3 Å². The summed E-state index contributed by atoms with van der Waals surface area (Å²) in [6, 6.07) is 2.18. The molecule has 40 heavy (non-hydrogen) atoms. The molecule has 1 N–H and O–H groups in total. The number of fused-ring (bicyclic) bond motifs is 7. The van der Waals surface area contributed by atoms with E-state index in [4.69, 9.17) is 4.74 Å². The number of ether oxygens (including phenoxy) is 1. The Morgan fingerprint density at radius 3 is 2.30 bits per heavy atom. The van der Waals surface area contributed by atoms with E-state index < -0.39 is 16.4 Å². The van der Waals surface area contributed by atoms with Crippen molar-refractivity contribution in [2.24, 2.45) is 44.8 Å². The van der Waals surface area contributed by atoms with Gasteiger partial charge < -0.3 is 10.1 Å². The number of ketones is 2. The Morgan fingerprint density at radius 1 is 1.02 bits per heavy atom. The number of nitrogens with zero attached hydrogens (tertiary/aromatic N) is 1. The van der Waals surface area contributed by atoms with Gasteiger partial charge in [0.15, 0.2) is 11.6 Å². The summed E-state index contributed by atoms with van der Waals surface area (Å²) < 4.78 is 5.56. The second-order valence-electron chi connectivity index (χ2n) is 16.0. The van der Waals surface area contributed by atoms with Crippen molar-refractivity contribution in [3.63, 3.8) is 0 Å². The van der Waals surface area contributed by atoms with E-state index in [-0.39, 0.29) is 63.3 Å². The fourth-order valence-corrected chi connectivity index (χ4v) is 10.3. The number of hydrogen-bond donors (Lipinski definition) is 1. The molecule has 0 aliphatic heterocycles. The Balaban J connectivity index is 1.64. The summed E-state index contributed by atoms with van der Waals surface area (Å²) in [7, 11) is 0. The summed E-state index contributed by atoms with van der Waals surface area (Å²) in [4.78, 5) is 40.8. The molecule has 5 aliphatic carbocycles. The standard InChI is InChI=1S/C34H48N2O4/c1-20(2)40-28(39)36-34-14-12-29(3,4)18-22(34)26-23(37)16-25-31(7)17-21(19-35)27(38)30(5,6)24(31)10-11-32(25,8)33(26,9)13-15-34/h16-17,20,22,24,26H,10-15,18H2,1-9H3,(H,36,39). The molecule has 0 spiro atoms. The molecule has 5 aliphatic rings. The second-order valence-corrected chi connectivity index (χ2v) is 16.0. The maximum atomic E-state index is 14.5. The molecule has 0 saturated heterocycles. The molecule has 1 amide bonds. The van der Waals surface area contributed by atoms with E-state index in [1.54, 1.807) is 0 Å². The topological polar surface area (TPSA) is 96.3 Å². The zero-order valence-electron chi connectivity index (χ0n) is 26.0. The fourth-order valence-electron chi connectivity index (χ4n) is 10.3. The number of rotatable bonds is 2. The molecule has 0 heterocycles. The van der Waals surface area contributed by atoms with Crippen LogP contribution < -0.4 is 5.32 Å². The van der Waals surface area contributed by atoms with Gasteiger partial charge in [0.2, 0.25) is 0 Å². The molecular weight excluding hydrogens is 500 g/mol. The second kappa shape index (κ2) is 8.79. The minimum Gasteiger partial charge on any atom is -0.447 e. The van der Waals surface area contributed by atoms with E-state index in [1.165, 1.54) is 0 Å². The average molecular weight is 549 g/mol. The van der Waals surface area contributed by atoms with Gasteiger partial charge >= 0.3 is 6.09 Å². The molecule has 7 atom stereocenters. The van der Waals surface area contributed by atoms with Crippen LogP contribution in [0.5, 0.6) is 0 Å². The lowest BCUT2D eigenvalue weighted by molar-refractivity contribution is -0.161. The highest BCUT2D eigenvalue weighted by Gasteiger charge is 2.70. The van der Waals surface area contributed by atoms with Crippen LogP contribution in [0.4, 0.5) is 4.79 Å². The van der Waals surface area contributed by atoms with Crippen molar-refractivity contribution in [1.29, 1.82) is 5.26 Å². The maximum Gasteiger partial charge on any atom is 0.407 e. The monoisotopic (exact) mass is 548 g/mol. The average Bonchev–Trinajstić information content (AvgIpc) is 2.83. The lowest BCUT2D eigenvalue weighted by atomic mass is 9.35. The number of nitriles is 1. The van der Waals surface area contributed by atoms with Gasteiger partial charge in [0.25, 0.3) is 0 Å². The molecule has 5 rings (SSSR count). The van der Waals surface area contributed by atoms with Crippen LogP contribution in [0.25, 0.3) is 0 Å². The minimum absolute atomic E-state index is 0.0111. The van der Waals surface area contributed by atoms with E-state index >= 15 is 0 Å². The van der Waals surface area contributed by atoms with Crippen LogP contribution in [-0.4, -0.2) is 29.3 Å². The van der Waals surface area contributed by atoms with E-state index in [0.29, 0.717) is 0 Å². The molecule has 0 aromatic rings. The Kier molecular flexibility index (Phi) is 6.39. The van der Waals surface area contributed by atoms with Crippen molar-refractivity contribution in [2.45, 2.75) is 119 Å². The molecular formula is C34H48N2O4. The third-order valence-corrected chi connectivity index (χ3v) is 12.6. The van der Waals surface area contributed by atoms with E-state index in [9.17, 15) is 19.6 Å². The van der Waals surface area contributed by atoms with Crippen LogP contribution >= 0.6 is 0 Å². The van der Waals surface area contributed by atoms with Gasteiger partial charge in [0.1, 0.15) is 6.07 Å². The van der Waals surface area contributed by atoms with Crippen molar-refractivity contribution in [3.05, 3.63) is 23.3 Å². The lowest BCUT2D eigenvalue weighted by Crippen LogP contribution is -2.69. The van der Waals surface area contributed by atoms with Gasteiger partial charge in [-0.05, 0) is 93.0 Å². The number of carbonyl (C=O) groups is 3. The molecule has 0 aromatic heterocycles. The Labute approximate surface area is 240 Å². The van der Waals surface area contributed by atoms with Crippen LogP contribution in [0, 0.1) is 56.2 Å². The van der Waals surface area contributed by atoms with Gasteiger partial charge in [-0.15, -0.1) is 0 Å². The predicted molar refractivity (Wildman–Crippen MR) is 154 cm³/mol. The molecule has 0 radical (unpaired) electrons. The number of Topliss-reactive ketones (excluding diaryl/α,β-unsaturated/α-hetero) is 1. The molecule has 6 heteroatoms. The zero-order chi connectivity index (χ0) is 29.7. The largest absolute Gasteiger partial charge is 0.447 e. The maximum absolute atomic E-state index is 14.5. The van der Waals surface area contributed by atoms with Crippen LogP contribution in [0.3, 0.4) is 0 Å². The van der Waals surface area contributed by atoms with Crippen LogP contribution in [0.15, 0.2) is 23.3 Å². The Bertz CT molecular complexity index is 1270. The zero-order valence-corrected chi connectivity index (χ0v) is 26.0. The third-order valence-electron chi connectivity index (χ3n) is 12.6. The number of carbonyl (C=O) groups excluding carboxylic acids is 3. The van der Waals surface area contributed by atoms with Crippen molar-refractivity contribution in [1.82, 2.24) is 5.32 Å². The number of alkyl carbamates (subject to hydrolysis) is 1. The van der Waals surface area contributed by atoms with Crippen molar-refractivity contribution in [3.8, 4) is 6.07 Å². The third kappa shape index (κ3) is 3.82. The molecule has 218 valence electrons. The van der Waals surface area contributed by atoms with Gasteiger partial charge in [0.05, 0.1) is 11.7 Å². The molecule has 6 nitrogen and oxygen atoms in total. The lowest BCUT2D eigenvalue weighted by Gasteiger charge is -2.69. The normalized spacial score (nSPS) is 43.2. The number of allylic oxidation sites excluding steroid dienone is 4. The SMILES string of the molecule is CC(C)OC(=O)NC12CCC(C)(C)CC1C1C(=O)C=C3C4(C)C=C(C#N)C(=O)C(C)(C)C4CCC3(C)C1(C)CC2. The van der Waals surface area contributed by atoms with Crippen LogP contribution in [0.1, 0.15) is 107 Å². The first-order valence-corrected chi connectivity index (χ1v) is 15.3. The fraction of sp³-hybridized carbons (Fsp3) is 0.765. The molecule has 3 fully saturated rings. The summed E-state index contributed by atoms with van der Waals surface area (Å²) in [6.45, 7) is 19.0. The predicted octanol–water partition coefficient (Wildman–Crippen LogP) is 7.09. The molecule has 7 unspecified atom stereocenters. The summed E-state index contributed by atoms with van der Waals surface area (Å²) in [6.07, 6.45) is 9.34. The van der Waals surface area contributed by atoms with Crippen molar-refractivity contribution >= 4 is 17.7 Å². The van der Waals surface area contributed by atoms with Gasteiger partial charge in [-0.1, -0.05) is 60.1 Å². The summed E-state index contributed by atoms with van der Waals surface area (Å²) in [5.41, 5.74) is -0.857. The number of nitrogens with one attached hydrogen (secondary N) is 1. The first-order chi connectivity index (χ1) is 18.4. The highest BCUT2D eigenvalue weighted by atomic mass is 16.6. The van der Waals surface area contributed by atoms with E-state index in [1.807, 2.05) is 39.8 Å². The molecule has 0 aromatic carbocycles. The van der Waals surface area contributed by atoms with Crippen molar-refractivity contribution < 1.29 is 19.1 Å². The number of hydrogen-bond acceptors (Lipinski definition) is 5. The highest BCUT2D eigenvalue weighted by molar-refractivity contribution is 6.04. The smallest absolute Gasteiger partial charge is 0.407 e. The summed E-state index contributed by atoms with van der Waals surface area (Å²) in [5, 5.41) is 13.2. The van der Waals surface area contributed by atoms with E-state index in [2.05, 4.69) is 46.0 Å². The van der Waals surface area contributed by atoms with Gasteiger partial charge in [-0.25, -0.2) is 4.79 Å². The van der Waals surface area contributed by atoms with Gasteiger partial charge in [-0.3, -0.25) is 9.59 Å². The Hall–Kier alpha value is -2.42. The highest BCUT2D eigenvalue weighted by Crippen LogP contribution is 2.73. The van der Waals surface area contributed by atoms with Gasteiger partial charge in [0, 0.05) is 22.3 Å². The number of amides is 1. The van der Waals surface area contributed by atoms with Crippen molar-refractivity contribution in [2.75, 3.05) is 0 Å². The summed E-state index contributed by atoms with van der Waals surface area (Å²) >= 11 is 0. The minimum atomic E-state index is -0.673. The summed E-state index contributed by atoms with van der Waals surface area (Å²) in [5.74, 6) is -0.118.